The lowest BCUT2D eigenvalue weighted by Gasteiger charge is -2.27. The minimum Gasteiger partial charge on any atom is -0.469 e. The average molecular weight is 199 g/mol. The van der Waals surface area contributed by atoms with E-state index < -0.39 is 0 Å². The molecule has 14 heavy (non-hydrogen) atoms. The Morgan fingerprint density at radius 3 is 2.36 bits per heavy atom. The van der Waals surface area contributed by atoms with Gasteiger partial charge in [-0.05, 0) is 38.5 Å². The maximum Gasteiger partial charge on any atom is 0.308 e. The molecule has 0 N–H and O–H groups in total. The van der Waals surface area contributed by atoms with Gasteiger partial charge in [-0.3, -0.25) is 4.79 Å². The Labute approximate surface area is 84.0 Å². The molecular formula is C10H17NO3. The van der Waals surface area contributed by atoms with Gasteiger partial charge in [0.2, 0.25) is 0 Å². The maximum atomic E-state index is 11.2. The van der Waals surface area contributed by atoms with Gasteiger partial charge in [-0.15, -0.1) is 0 Å². The Balaban J connectivity index is 2.38. The first kappa shape index (κ1) is 11.1. The highest BCUT2D eigenvalue weighted by Gasteiger charge is 2.29. The van der Waals surface area contributed by atoms with Gasteiger partial charge in [-0.2, -0.15) is 4.91 Å². The molecule has 4 nitrogen and oxygen atoms in total. The van der Waals surface area contributed by atoms with Crippen LogP contribution in [0, 0.1) is 16.7 Å². The zero-order valence-electron chi connectivity index (χ0n) is 8.73. The predicted molar refractivity (Wildman–Crippen MR) is 52.7 cm³/mol. The number of hydrogen-bond acceptors (Lipinski definition) is 4. The fourth-order valence-corrected chi connectivity index (χ4v) is 2.09. The second-order valence-corrected chi connectivity index (χ2v) is 3.98. The normalized spacial score (nSPS) is 29.3. The molecule has 1 aliphatic rings. The summed E-state index contributed by atoms with van der Waals surface area (Å²) < 4.78 is 4.69. The summed E-state index contributed by atoms with van der Waals surface area (Å²) in [6.45, 7) is 1.84. The molecule has 4 heteroatoms. The van der Waals surface area contributed by atoms with Gasteiger partial charge in [0.05, 0.1) is 19.1 Å². The van der Waals surface area contributed by atoms with Crippen molar-refractivity contribution >= 4 is 5.97 Å². The largest absolute Gasteiger partial charge is 0.469 e. The average Bonchev–Trinajstić information content (AvgIpc) is 2.27. The van der Waals surface area contributed by atoms with Crippen molar-refractivity contribution < 1.29 is 9.53 Å². The number of carbonyl (C=O) groups excluding carboxylic acids is 1. The van der Waals surface area contributed by atoms with Gasteiger partial charge in [-0.25, -0.2) is 0 Å². The highest BCUT2D eigenvalue weighted by Crippen LogP contribution is 2.32. The van der Waals surface area contributed by atoms with Crippen LogP contribution in [-0.4, -0.2) is 19.1 Å². The molecule has 1 unspecified atom stereocenters. The second kappa shape index (κ2) is 5.08. The first-order valence-electron chi connectivity index (χ1n) is 5.09. The van der Waals surface area contributed by atoms with E-state index in [1.165, 1.54) is 7.11 Å². The fraction of sp³-hybridized carbons (Fsp3) is 0.900. The molecule has 0 radical (unpaired) electrons. The summed E-state index contributed by atoms with van der Waals surface area (Å²) in [7, 11) is 1.42. The molecule has 1 atom stereocenters. The summed E-state index contributed by atoms with van der Waals surface area (Å²) in [5.74, 6) is 0.277. The highest BCUT2D eigenvalue weighted by atomic mass is 16.5. The van der Waals surface area contributed by atoms with E-state index in [4.69, 9.17) is 0 Å². The molecule has 0 heterocycles. The van der Waals surface area contributed by atoms with Crippen LogP contribution in [0.5, 0.6) is 0 Å². The van der Waals surface area contributed by atoms with Crippen LogP contribution in [0.25, 0.3) is 0 Å². The number of esters is 1. The van der Waals surface area contributed by atoms with Crippen LogP contribution < -0.4 is 0 Å². The minimum absolute atomic E-state index is 0.0371. The summed E-state index contributed by atoms with van der Waals surface area (Å²) >= 11 is 0. The van der Waals surface area contributed by atoms with Crippen molar-refractivity contribution in [1.29, 1.82) is 0 Å². The maximum absolute atomic E-state index is 11.2. The van der Waals surface area contributed by atoms with E-state index >= 15 is 0 Å². The summed E-state index contributed by atoms with van der Waals surface area (Å²) in [5.41, 5.74) is 0. The van der Waals surface area contributed by atoms with Crippen molar-refractivity contribution in [3.8, 4) is 0 Å². The number of ether oxygens (including phenoxy) is 1. The van der Waals surface area contributed by atoms with Crippen molar-refractivity contribution in [1.82, 2.24) is 0 Å². The van der Waals surface area contributed by atoms with Crippen LogP contribution in [-0.2, 0) is 9.53 Å². The minimum atomic E-state index is -0.117. The van der Waals surface area contributed by atoms with E-state index in [0.29, 0.717) is 5.92 Å². The Hall–Kier alpha value is -0.930. The standard InChI is InChI=1S/C10H17NO3/c1-7(11-13)8-3-5-9(6-4-8)10(12)14-2/h7-9H,3-6H2,1-2H3. The van der Waals surface area contributed by atoms with Gasteiger partial charge in [0.15, 0.2) is 0 Å². The SMILES string of the molecule is COC(=O)C1CCC(C(C)N=O)CC1. The van der Waals surface area contributed by atoms with Crippen LogP contribution in [0.4, 0.5) is 0 Å². The topological polar surface area (TPSA) is 55.7 Å². The smallest absolute Gasteiger partial charge is 0.308 e. The van der Waals surface area contributed by atoms with Gasteiger partial charge in [0, 0.05) is 0 Å². The summed E-state index contributed by atoms with van der Waals surface area (Å²) in [4.78, 5) is 21.5. The molecule has 0 bridgehead atoms. The monoisotopic (exact) mass is 199 g/mol. The number of methoxy groups -OCH3 is 1. The van der Waals surface area contributed by atoms with Crippen LogP contribution in [0.2, 0.25) is 0 Å². The molecule has 1 aliphatic carbocycles. The molecular weight excluding hydrogens is 182 g/mol. The Morgan fingerprint density at radius 2 is 1.93 bits per heavy atom. The molecule has 0 amide bonds. The summed E-state index contributed by atoms with van der Waals surface area (Å²) in [5, 5.41) is 3.04. The number of rotatable bonds is 3. The molecule has 1 saturated carbocycles. The lowest BCUT2D eigenvalue weighted by molar-refractivity contribution is -0.146. The third-order valence-electron chi connectivity index (χ3n) is 3.15. The summed E-state index contributed by atoms with van der Waals surface area (Å²) in [6, 6.07) is -0.117. The Kier molecular flexibility index (Phi) is 4.04. The molecule has 1 rings (SSSR count). The molecule has 0 saturated heterocycles. The van der Waals surface area contributed by atoms with E-state index in [9.17, 15) is 9.70 Å². The van der Waals surface area contributed by atoms with Gasteiger partial charge in [0.25, 0.3) is 0 Å². The van der Waals surface area contributed by atoms with E-state index in [2.05, 4.69) is 9.91 Å². The molecule has 0 spiro atoms. The second-order valence-electron chi connectivity index (χ2n) is 3.98. The third kappa shape index (κ3) is 2.53. The van der Waals surface area contributed by atoms with E-state index in [-0.39, 0.29) is 17.9 Å². The molecule has 1 fully saturated rings. The van der Waals surface area contributed by atoms with Crippen LogP contribution in [0.15, 0.2) is 5.18 Å². The zero-order chi connectivity index (χ0) is 10.6. The quantitative estimate of drug-likeness (QED) is 0.516. The van der Waals surface area contributed by atoms with Crippen molar-refractivity contribution in [3.63, 3.8) is 0 Å². The fourth-order valence-electron chi connectivity index (χ4n) is 2.09. The molecule has 0 aromatic rings. The van der Waals surface area contributed by atoms with Crippen LogP contribution >= 0.6 is 0 Å². The molecule has 0 aromatic heterocycles. The first-order chi connectivity index (χ1) is 6.69. The predicted octanol–water partition coefficient (Wildman–Crippen LogP) is 2.12. The van der Waals surface area contributed by atoms with Crippen molar-refractivity contribution in [2.45, 2.75) is 38.6 Å². The van der Waals surface area contributed by atoms with Gasteiger partial charge in [0.1, 0.15) is 0 Å². The first-order valence-corrected chi connectivity index (χ1v) is 5.09. The summed E-state index contributed by atoms with van der Waals surface area (Å²) in [6.07, 6.45) is 3.48. The van der Waals surface area contributed by atoms with Crippen LogP contribution in [0.3, 0.4) is 0 Å². The number of hydrogen-bond donors (Lipinski definition) is 0. The Morgan fingerprint density at radius 1 is 1.36 bits per heavy atom. The lowest BCUT2D eigenvalue weighted by atomic mass is 9.79. The van der Waals surface area contributed by atoms with E-state index in [1.54, 1.807) is 0 Å². The highest BCUT2D eigenvalue weighted by molar-refractivity contribution is 5.72. The molecule has 80 valence electrons. The molecule has 0 aliphatic heterocycles. The van der Waals surface area contributed by atoms with Crippen molar-refractivity contribution in [2.24, 2.45) is 17.0 Å². The number of nitroso groups, excluding NO2 is 1. The number of carbonyl (C=O) groups is 1. The van der Waals surface area contributed by atoms with Gasteiger partial charge in [-0.1, -0.05) is 5.18 Å². The number of nitrogens with zero attached hydrogens (tertiary/aromatic N) is 1. The lowest BCUT2D eigenvalue weighted by Crippen LogP contribution is -2.26. The van der Waals surface area contributed by atoms with Gasteiger partial charge < -0.3 is 4.74 Å². The van der Waals surface area contributed by atoms with E-state index in [0.717, 1.165) is 25.7 Å². The van der Waals surface area contributed by atoms with Crippen molar-refractivity contribution in [2.75, 3.05) is 7.11 Å². The van der Waals surface area contributed by atoms with Crippen molar-refractivity contribution in [3.05, 3.63) is 4.91 Å². The third-order valence-corrected chi connectivity index (χ3v) is 3.15. The Bertz CT molecular complexity index is 209. The molecule has 0 aromatic carbocycles. The van der Waals surface area contributed by atoms with Gasteiger partial charge >= 0.3 is 5.97 Å². The zero-order valence-corrected chi connectivity index (χ0v) is 8.73. The van der Waals surface area contributed by atoms with Crippen LogP contribution in [0.1, 0.15) is 32.6 Å². The van der Waals surface area contributed by atoms with E-state index in [1.807, 2.05) is 6.92 Å².